The van der Waals surface area contributed by atoms with Crippen LogP contribution in [0, 0.1) is 13.8 Å². The van der Waals surface area contributed by atoms with Gasteiger partial charge in [0.1, 0.15) is 29.1 Å². The molecule has 6 radical (unpaired) electrons. The summed E-state index contributed by atoms with van der Waals surface area (Å²) >= 11 is 0. The minimum atomic E-state index is -0.649. The van der Waals surface area contributed by atoms with Gasteiger partial charge in [0.15, 0.2) is 22.8 Å². The Morgan fingerprint density at radius 3 is 1.92 bits per heavy atom. The molecule has 0 aliphatic rings. The monoisotopic (exact) mass is 502 g/mol. The summed E-state index contributed by atoms with van der Waals surface area (Å²) in [6, 6.07) is 24.7. The molecule has 0 aliphatic carbocycles. The zero-order valence-electron chi connectivity index (χ0n) is 21.4. The van der Waals surface area contributed by atoms with Crippen molar-refractivity contribution in [2.45, 2.75) is 13.8 Å². The van der Waals surface area contributed by atoms with Crippen molar-refractivity contribution < 1.29 is 19.7 Å². The van der Waals surface area contributed by atoms with Gasteiger partial charge in [0.2, 0.25) is 0 Å². The first-order chi connectivity index (χ1) is 18.7. The van der Waals surface area contributed by atoms with Crippen LogP contribution < -0.4 is 16.4 Å². The molecule has 1 heterocycles. The highest BCUT2D eigenvalue weighted by molar-refractivity contribution is 6.56. The van der Waals surface area contributed by atoms with Gasteiger partial charge in [-0.2, -0.15) is 0 Å². The van der Waals surface area contributed by atoms with E-state index in [9.17, 15) is 15.3 Å². The summed E-state index contributed by atoms with van der Waals surface area (Å²) in [5.74, 6) is -1.66. The van der Waals surface area contributed by atoms with E-state index < -0.39 is 17.2 Å². The van der Waals surface area contributed by atoms with E-state index in [4.69, 9.17) is 28.0 Å². The summed E-state index contributed by atoms with van der Waals surface area (Å²) in [7, 11) is 18.8. The second-order valence-electron chi connectivity index (χ2n) is 9.74. The highest BCUT2D eigenvalue weighted by atomic mass is 16.4. The average Bonchev–Trinajstić information content (AvgIpc) is 3.36. The molecule has 0 spiro atoms. The van der Waals surface area contributed by atoms with E-state index in [1.807, 2.05) is 43.3 Å². The first-order valence-corrected chi connectivity index (χ1v) is 12.4. The van der Waals surface area contributed by atoms with Crippen molar-refractivity contribution in [1.82, 2.24) is 0 Å². The summed E-state index contributed by atoms with van der Waals surface area (Å²) in [6.45, 7) is 3.89. The summed E-state index contributed by atoms with van der Waals surface area (Å²) in [5.41, 5.74) is 8.06. The van der Waals surface area contributed by atoms with Gasteiger partial charge in [-0.1, -0.05) is 83.7 Å². The van der Waals surface area contributed by atoms with Crippen LogP contribution in [-0.4, -0.2) is 38.9 Å². The minimum absolute atomic E-state index is 0.0529. The molecule has 0 fully saturated rings. The van der Waals surface area contributed by atoms with Crippen molar-refractivity contribution in [1.29, 1.82) is 0 Å². The van der Waals surface area contributed by atoms with Gasteiger partial charge in [-0.15, -0.1) is 0 Å². The van der Waals surface area contributed by atoms with E-state index in [1.165, 1.54) is 0 Å². The quantitative estimate of drug-likeness (QED) is 0.187. The molecule has 6 aromatic rings. The maximum atomic E-state index is 10.6. The summed E-state index contributed by atoms with van der Waals surface area (Å²) in [6.07, 6.45) is 0. The fourth-order valence-electron chi connectivity index (χ4n) is 5.49. The lowest BCUT2D eigenvalue weighted by Crippen LogP contribution is -2.29. The van der Waals surface area contributed by atoms with Crippen molar-refractivity contribution in [2.24, 2.45) is 0 Å². The van der Waals surface area contributed by atoms with Crippen LogP contribution >= 0.6 is 0 Å². The zero-order valence-corrected chi connectivity index (χ0v) is 21.4. The predicted octanol–water partition coefficient (Wildman–Crippen LogP) is 4.70. The smallest absolute Gasteiger partial charge is 0.180 e. The average molecular weight is 502 g/mol. The molecule has 0 saturated carbocycles. The molecule has 182 valence electrons. The standard InChI is InChI=1S/C32H21B3O4/c1-15-14-18(12-13-19(15)21-11-7-6-10-20(21)17-8-4-3-5-9-17)22-16(2)31-23(26(34)25(22)33)24-28(36)29(37)27(35)30(38)32(24)39-31/h3-14,36-38H,1-2H3. The van der Waals surface area contributed by atoms with E-state index >= 15 is 0 Å². The Balaban J connectivity index is 1.56. The van der Waals surface area contributed by atoms with E-state index in [0.29, 0.717) is 27.6 Å². The molecule has 39 heavy (non-hydrogen) atoms. The van der Waals surface area contributed by atoms with E-state index in [-0.39, 0.29) is 21.9 Å². The van der Waals surface area contributed by atoms with Gasteiger partial charge in [0.25, 0.3) is 0 Å². The third kappa shape index (κ3) is 3.64. The second-order valence-corrected chi connectivity index (χ2v) is 9.74. The highest BCUT2D eigenvalue weighted by Crippen LogP contribution is 2.44. The SMILES string of the molecule is [B]c1c(O)c(O)c2c(oc3c(C)c(-c4ccc(-c5ccccc5-c5ccccc5)c(C)c4)c([B])c([B])c32)c1O. The molecule has 0 amide bonds. The van der Waals surface area contributed by atoms with Crippen molar-refractivity contribution in [3.8, 4) is 50.6 Å². The molecule has 0 bridgehead atoms. The Labute approximate surface area is 229 Å². The number of hydrogen-bond acceptors (Lipinski definition) is 4. The lowest BCUT2D eigenvalue weighted by molar-refractivity contribution is 0.405. The van der Waals surface area contributed by atoms with Crippen LogP contribution in [0.1, 0.15) is 11.1 Å². The summed E-state index contributed by atoms with van der Waals surface area (Å²) < 4.78 is 5.98. The van der Waals surface area contributed by atoms with Crippen molar-refractivity contribution >= 4 is 61.9 Å². The number of aryl methyl sites for hydroxylation is 2. The summed E-state index contributed by atoms with van der Waals surface area (Å²) in [4.78, 5) is 0. The molecule has 0 unspecified atom stereocenters. The van der Waals surface area contributed by atoms with E-state index in [0.717, 1.165) is 33.4 Å². The number of fused-ring (bicyclic) bond motifs is 3. The number of phenolic OH excluding ortho intramolecular Hbond substituents is 3. The van der Waals surface area contributed by atoms with Gasteiger partial charge in [-0.25, -0.2) is 0 Å². The lowest BCUT2D eigenvalue weighted by Gasteiger charge is -2.18. The Hall–Kier alpha value is -4.51. The molecule has 1 aromatic heterocycles. The van der Waals surface area contributed by atoms with Crippen LogP contribution in [0.15, 0.2) is 77.2 Å². The third-order valence-corrected chi connectivity index (χ3v) is 7.46. The van der Waals surface area contributed by atoms with Crippen LogP contribution in [0.5, 0.6) is 17.2 Å². The molecule has 3 N–H and O–H groups in total. The van der Waals surface area contributed by atoms with Gasteiger partial charge in [-0.3, -0.25) is 0 Å². The molecule has 5 aromatic carbocycles. The van der Waals surface area contributed by atoms with Crippen LogP contribution in [0.2, 0.25) is 0 Å². The fraction of sp³-hybridized carbons (Fsp3) is 0.0625. The predicted molar refractivity (Wildman–Crippen MR) is 161 cm³/mol. The Kier molecular flexibility index (Phi) is 5.76. The van der Waals surface area contributed by atoms with Crippen LogP contribution in [0.4, 0.5) is 0 Å². The van der Waals surface area contributed by atoms with Crippen LogP contribution in [0.25, 0.3) is 55.3 Å². The summed E-state index contributed by atoms with van der Waals surface area (Å²) in [5, 5.41) is 31.7. The number of rotatable bonds is 3. The van der Waals surface area contributed by atoms with Crippen LogP contribution in [0.3, 0.4) is 0 Å². The van der Waals surface area contributed by atoms with Crippen LogP contribution in [-0.2, 0) is 0 Å². The Morgan fingerprint density at radius 1 is 0.564 bits per heavy atom. The van der Waals surface area contributed by atoms with Crippen molar-refractivity contribution in [3.05, 3.63) is 83.9 Å². The van der Waals surface area contributed by atoms with Gasteiger partial charge < -0.3 is 19.7 Å². The third-order valence-electron chi connectivity index (χ3n) is 7.46. The van der Waals surface area contributed by atoms with Gasteiger partial charge in [0, 0.05) is 5.39 Å². The van der Waals surface area contributed by atoms with E-state index in [1.54, 1.807) is 0 Å². The molecule has 6 rings (SSSR count). The Morgan fingerprint density at radius 2 is 1.23 bits per heavy atom. The van der Waals surface area contributed by atoms with Crippen molar-refractivity contribution in [3.63, 3.8) is 0 Å². The first kappa shape index (κ1) is 24.8. The topological polar surface area (TPSA) is 73.8 Å². The maximum Gasteiger partial charge on any atom is 0.180 e. The maximum absolute atomic E-state index is 10.6. The molecule has 4 nitrogen and oxygen atoms in total. The van der Waals surface area contributed by atoms with Gasteiger partial charge in [-0.05, 0) is 63.8 Å². The number of furan rings is 1. The number of phenols is 3. The molecular formula is C32H21B3O4. The molecule has 0 aliphatic heterocycles. The van der Waals surface area contributed by atoms with E-state index in [2.05, 4.69) is 43.3 Å². The molecular weight excluding hydrogens is 481 g/mol. The molecule has 0 saturated heterocycles. The number of benzene rings is 5. The lowest BCUT2D eigenvalue weighted by atomic mass is 9.72. The highest BCUT2D eigenvalue weighted by Gasteiger charge is 2.25. The normalized spacial score (nSPS) is 11.4. The Bertz CT molecular complexity index is 1940. The molecule has 7 heteroatoms. The number of hydrogen-bond donors (Lipinski definition) is 3. The van der Waals surface area contributed by atoms with Crippen molar-refractivity contribution in [2.75, 3.05) is 0 Å². The zero-order chi connectivity index (χ0) is 27.6. The number of aromatic hydroxyl groups is 3. The van der Waals surface area contributed by atoms with Gasteiger partial charge >= 0.3 is 0 Å². The first-order valence-electron chi connectivity index (χ1n) is 12.4. The second kappa shape index (κ2) is 9.06. The van der Waals surface area contributed by atoms with Gasteiger partial charge in [0.05, 0.1) is 5.39 Å². The minimum Gasteiger partial charge on any atom is -0.505 e. The molecule has 0 atom stereocenters. The fourth-order valence-corrected chi connectivity index (χ4v) is 5.49. The largest absolute Gasteiger partial charge is 0.505 e.